The van der Waals surface area contributed by atoms with Gasteiger partial charge in [0.25, 0.3) is 11.2 Å². The lowest BCUT2D eigenvalue weighted by Crippen LogP contribution is -2.23. The summed E-state index contributed by atoms with van der Waals surface area (Å²) in [4.78, 5) is 26.1. The first-order valence-electron chi connectivity index (χ1n) is 4.62. The summed E-state index contributed by atoms with van der Waals surface area (Å²) in [6.45, 7) is 0. The molecule has 1 aromatic heterocycles. The Morgan fingerprint density at radius 2 is 2.12 bits per heavy atom. The summed E-state index contributed by atoms with van der Waals surface area (Å²) in [5.41, 5.74) is -0.722. The molecule has 0 fully saturated rings. The number of aromatic nitrogens is 1. The molecule has 2 aromatic rings. The molecule has 1 heterocycles. The summed E-state index contributed by atoms with van der Waals surface area (Å²) in [7, 11) is 1.21. The van der Waals surface area contributed by atoms with Gasteiger partial charge in [-0.1, -0.05) is 0 Å². The predicted octanol–water partition coefficient (Wildman–Crippen LogP) is 0.674. The molecule has 0 radical (unpaired) electrons. The molecule has 0 saturated heterocycles. The molecule has 0 amide bonds. The first kappa shape index (κ1) is 10.9. The molecule has 0 unspecified atom stereocenters. The molecule has 7 heteroatoms. The first-order valence-corrected chi connectivity index (χ1v) is 4.62. The minimum Gasteiger partial charge on any atom is -0.492 e. The van der Waals surface area contributed by atoms with Crippen molar-refractivity contribution in [3.05, 3.63) is 44.7 Å². The molecule has 0 saturated carbocycles. The van der Waals surface area contributed by atoms with E-state index in [1.54, 1.807) is 0 Å². The number of benzene rings is 1. The zero-order chi connectivity index (χ0) is 12.6. The SMILES string of the molecule is COn1c(O)c2cc([N+](=O)[O-])ccc2cc1=O. The van der Waals surface area contributed by atoms with Crippen LogP contribution in [0, 0.1) is 10.1 Å². The number of nitro groups is 1. The molecule has 7 nitrogen and oxygen atoms in total. The molecule has 0 bridgehead atoms. The van der Waals surface area contributed by atoms with Crippen molar-refractivity contribution in [1.29, 1.82) is 0 Å². The van der Waals surface area contributed by atoms with Crippen molar-refractivity contribution < 1.29 is 14.9 Å². The number of rotatable bonds is 2. The Morgan fingerprint density at radius 1 is 1.41 bits per heavy atom. The number of aromatic hydroxyl groups is 1. The minimum absolute atomic E-state index is 0.172. The lowest BCUT2D eigenvalue weighted by Gasteiger charge is -2.07. The van der Waals surface area contributed by atoms with E-state index in [-0.39, 0.29) is 11.1 Å². The highest BCUT2D eigenvalue weighted by molar-refractivity contribution is 5.88. The van der Waals surface area contributed by atoms with Crippen LogP contribution in [0.15, 0.2) is 29.1 Å². The number of nitrogens with zero attached hydrogens (tertiary/aromatic N) is 2. The van der Waals surface area contributed by atoms with E-state index in [1.165, 1.54) is 31.4 Å². The first-order chi connectivity index (χ1) is 8.04. The van der Waals surface area contributed by atoms with Gasteiger partial charge in [0.15, 0.2) is 0 Å². The van der Waals surface area contributed by atoms with Crippen LogP contribution < -0.4 is 10.4 Å². The van der Waals surface area contributed by atoms with E-state index >= 15 is 0 Å². The topological polar surface area (TPSA) is 94.6 Å². The van der Waals surface area contributed by atoms with Crippen molar-refractivity contribution in [3.8, 4) is 5.88 Å². The molecule has 1 N–H and O–H groups in total. The average molecular weight is 236 g/mol. The van der Waals surface area contributed by atoms with Crippen LogP contribution in [-0.4, -0.2) is 21.9 Å². The van der Waals surface area contributed by atoms with Gasteiger partial charge in [-0.25, -0.2) is 0 Å². The van der Waals surface area contributed by atoms with Gasteiger partial charge >= 0.3 is 0 Å². The highest BCUT2D eigenvalue weighted by Gasteiger charge is 2.13. The van der Waals surface area contributed by atoms with E-state index in [9.17, 15) is 20.0 Å². The quantitative estimate of drug-likeness (QED) is 0.611. The smallest absolute Gasteiger partial charge is 0.287 e. The molecule has 0 spiro atoms. The number of nitro benzene ring substituents is 1. The van der Waals surface area contributed by atoms with Crippen LogP contribution in [0.25, 0.3) is 10.8 Å². The van der Waals surface area contributed by atoms with Gasteiger partial charge in [0.1, 0.15) is 7.11 Å². The summed E-state index contributed by atoms with van der Waals surface area (Å²) in [6.07, 6.45) is 0. The van der Waals surface area contributed by atoms with Crippen molar-refractivity contribution in [2.45, 2.75) is 0 Å². The summed E-state index contributed by atoms with van der Waals surface area (Å²) in [5, 5.41) is 20.9. The van der Waals surface area contributed by atoms with Gasteiger partial charge in [-0.3, -0.25) is 14.9 Å². The molecule has 0 aliphatic rings. The Morgan fingerprint density at radius 3 is 2.71 bits per heavy atom. The van der Waals surface area contributed by atoms with Crippen molar-refractivity contribution >= 4 is 16.5 Å². The molecule has 1 aromatic carbocycles. The standard InChI is InChI=1S/C10H8N2O5/c1-17-11-9(13)4-6-2-3-7(12(15)16)5-8(6)10(11)14/h2-5,14H,1H3. The maximum Gasteiger partial charge on any atom is 0.287 e. The molecular weight excluding hydrogens is 228 g/mol. The average Bonchev–Trinajstić information content (AvgIpc) is 2.29. The van der Waals surface area contributed by atoms with Gasteiger partial charge in [0, 0.05) is 18.2 Å². The number of hydrogen-bond donors (Lipinski definition) is 1. The Labute approximate surface area is 94.6 Å². The highest BCUT2D eigenvalue weighted by atomic mass is 16.7. The Kier molecular flexibility index (Phi) is 2.43. The number of non-ortho nitro benzene ring substituents is 1. The third kappa shape index (κ3) is 1.67. The second-order valence-corrected chi connectivity index (χ2v) is 3.31. The lowest BCUT2D eigenvalue weighted by atomic mass is 10.1. The monoisotopic (exact) mass is 236 g/mol. The summed E-state index contributed by atoms with van der Waals surface area (Å²) in [6, 6.07) is 5.06. The van der Waals surface area contributed by atoms with Crippen LogP contribution in [-0.2, 0) is 0 Å². The summed E-state index contributed by atoms with van der Waals surface area (Å²) < 4.78 is 0.659. The fourth-order valence-electron chi connectivity index (χ4n) is 1.56. The van der Waals surface area contributed by atoms with E-state index < -0.39 is 16.4 Å². The maximum atomic E-state index is 11.4. The normalized spacial score (nSPS) is 10.4. The van der Waals surface area contributed by atoms with E-state index in [0.29, 0.717) is 10.1 Å². The van der Waals surface area contributed by atoms with E-state index in [0.717, 1.165) is 0 Å². The van der Waals surface area contributed by atoms with Crippen LogP contribution >= 0.6 is 0 Å². The lowest BCUT2D eigenvalue weighted by molar-refractivity contribution is -0.384. The summed E-state index contributed by atoms with van der Waals surface area (Å²) in [5.74, 6) is -0.460. The molecular formula is C10H8N2O5. The highest BCUT2D eigenvalue weighted by Crippen LogP contribution is 2.26. The zero-order valence-corrected chi connectivity index (χ0v) is 8.78. The number of pyridine rings is 1. The second-order valence-electron chi connectivity index (χ2n) is 3.31. The van der Waals surface area contributed by atoms with Crippen LogP contribution in [0.2, 0.25) is 0 Å². The van der Waals surface area contributed by atoms with Gasteiger partial charge in [0.05, 0.1) is 10.3 Å². The Hall–Kier alpha value is -2.57. The van der Waals surface area contributed by atoms with Crippen molar-refractivity contribution in [3.63, 3.8) is 0 Å². The van der Waals surface area contributed by atoms with Crippen LogP contribution in [0.1, 0.15) is 0 Å². The maximum absolute atomic E-state index is 11.4. The Bertz CT molecular complexity index is 662. The van der Waals surface area contributed by atoms with Crippen LogP contribution in [0.4, 0.5) is 5.69 Å². The molecule has 2 rings (SSSR count). The summed E-state index contributed by atoms with van der Waals surface area (Å²) >= 11 is 0. The molecule has 0 aliphatic carbocycles. The van der Waals surface area contributed by atoms with Gasteiger partial charge in [-0.05, 0) is 11.5 Å². The van der Waals surface area contributed by atoms with Gasteiger partial charge in [-0.2, -0.15) is 0 Å². The van der Waals surface area contributed by atoms with E-state index in [1.807, 2.05) is 0 Å². The Balaban J connectivity index is 2.85. The second kappa shape index (κ2) is 3.78. The van der Waals surface area contributed by atoms with Crippen molar-refractivity contribution in [2.75, 3.05) is 7.11 Å². The molecule has 0 atom stereocenters. The molecule has 17 heavy (non-hydrogen) atoms. The van der Waals surface area contributed by atoms with E-state index in [2.05, 4.69) is 4.84 Å². The fraction of sp³-hybridized carbons (Fsp3) is 0.100. The third-order valence-electron chi connectivity index (χ3n) is 2.34. The molecule has 88 valence electrons. The van der Waals surface area contributed by atoms with E-state index in [4.69, 9.17) is 0 Å². The van der Waals surface area contributed by atoms with Crippen LogP contribution in [0.3, 0.4) is 0 Å². The number of hydrogen-bond acceptors (Lipinski definition) is 5. The fourth-order valence-corrected chi connectivity index (χ4v) is 1.56. The predicted molar refractivity (Wildman–Crippen MR) is 59.0 cm³/mol. The number of fused-ring (bicyclic) bond motifs is 1. The van der Waals surface area contributed by atoms with Gasteiger partial charge in [0.2, 0.25) is 5.88 Å². The van der Waals surface area contributed by atoms with Gasteiger partial charge < -0.3 is 9.94 Å². The zero-order valence-electron chi connectivity index (χ0n) is 8.78. The largest absolute Gasteiger partial charge is 0.492 e. The van der Waals surface area contributed by atoms with Crippen molar-refractivity contribution in [1.82, 2.24) is 4.73 Å². The van der Waals surface area contributed by atoms with Gasteiger partial charge in [-0.15, -0.1) is 4.73 Å². The third-order valence-corrected chi connectivity index (χ3v) is 2.34. The minimum atomic E-state index is -0.582. The van der Waals surface area contributed by atoms with Crippen LogP contribution in [0.5, 0.6) is 5.88 Å². The molecule has 0 aliphatic heterocycles. The van der Waals surface area contributed by atoms with Crippen molar-refractivity contribution in [2.24, 2.45) is 0 Å².